The fraction of sp³-hybridized carbons (Fsp3) is 0.381. The lowest BCUT2D eigenvalue weighted by molar-refractivity contribution is -0.121. The number of hydrogen-bond acceptors (Lipinski definition) is 7. The predicted molar refractivity (Wildman–Crippen MR) is 117 cm³/mol. The first-order chi connectivity index (χ1) is 14.9. The molecule has 0 spiro atoms. The molecule has 0 unspecified atom stereocenters. The van der Waals surface area contributed by atoms with Gasteiger partial charge in [-0.1, -0.05) is 11.6 Å². The molecule has 0 saturated heterocycles. The Hall–Kier alpha value is -3.04. The number of pyridine rings is 1. The van der Waals surface area contributed by atoms with Crippen LogP contribution >= 0.6 is 11.6 Å². The molecule has 3 aromatic heterocycles. The molecule has 2 amide bonds. The molecule has 3 heterocycles. The quantitative estimate of drug-likeness (QED) is 0.620. The number of aromatic nitrogens is 3. The van der Waals surface area contributed by atoms with Crippen molar-refractivity contribution in [2.45, 2.75) is 31.7 Å². The monoisotopic (exact) mass is 442 g/mol. The molecule has 0 aliphatic heterocycles. The third-order valence-corrected chi connectivity index (χ3v) is 5.77. The maximum absolute atomic E-state index is 13.0. The zero-order valence-electron chi connectivity index (χ0n) is 17.3. The number of fused-ring (bicyclic) bond motifs is 1. The first-order valence-corrected chi connectivity index (χ1v) is 10.4. The minimum absolute atomic E-state index is 0.0757. The molecule has 1 saturated carbocycles. The molecular weight excluding hydrogens is 420 g/mol. The highest BCUT2D eigenvalue weighted by molar-refractivity contribution is 6.30. The van der Waals surface area contributed by atoms with Crippen LogP contribution in [0, 0.1) is 5.92 Å². The Balaban J connectivity index is 1.56. The van der Waals surface area contributed by atoms with Gasteiger partial charge in [0.2, 0.25) is 17.4 Å². The molecule has 0 radical (unpaired) electrons. The van der Waals surface area contributed by atoms with Crippen molar-refractivity contribution in [2.75, 3.05) is 24.7 Å². The molecular formula is C21H23ClN6O3. The number of nitrogens with one attached hydrogen (secondary N) is 2. The second kappa shape index (κ2) is 8.99. The van der Waals surface area contributed by atoms with E-state index >= 15 is 0 Å². The van der Waals surface area contributed by atoms with Gasteiger partial charge in [0.1, 0.15) is 11.5 Å². The van der Waals surface area contributed by atoms with Crippen LogP contribution in [0.4, 0.5) is 11.5 Å². The first kappa shape index (κ1) is 21.2. The zero-order chi connectivity index (χ0) is 22.0. The minimum Gasteiger partial charge on any atom is -0.429 e. The molecule has 1 fully saturated rings. The molecule has 3 aromatic rings. The number of carbonyl (C=O) groups excluding carboxylic acids is 2. The van der Waals surface area contributed by atoms with Crippen LogP contribution in [0.5, 0.6) is 0 Å². The van der Waals surface area contributed by atoms with Gasteiger partial charge in [-0.2, -0.15) is 0 Å². The largest absolute Gasteiger partial charge is 0.429 e. The van der Waals surface area contributed by atoms with Crippen molar-refractivity contribution in [2.24, 2.45) is 5.92 Å². The summed E-state index contributed by atoms with van der Waals surface area (Å²) in [7, 11) is 4.11. The van der Waals surface area contributed by atoms with Gasteiger partial charge in [-0.3, -0.25) is 9.59 Å². The van der Waals surface area contributed by atoms with Crippen molar-refractivity contribution in [3.63, 3.8) is 0 Å². The second-order valence-electron chi connectivity index (χ2n) is 7.79. The van der Waals surface area contributed by atoms with Crippen molar-refractivity contribution in [1.82, 2.24) is 19.9 Å². The Morgan fingerprint density at radius 2 is 1.81 bits per heavy atom. The van der Waals surface area contributed by atoms with Crippen LogP contribution in [0.15, 0.2) is 35.1 Å². The third kappa shape index (κ3) is 4.67. The van der Waals surface area contributed by atoms with Crippen molar-refractivity contribution in [3.05, 3.63) is 41.5 Å². The lowest BCUT2D eigenvalue weighted by Gasteiger charge is -2.31. The summed E-state index contributed by atoms with van der Waals surface area (Å²) in [5.41, 5.74) is 0.713. The van der Waals surface area contributed by atoms with E-state index in [1.165, 1.54) is 18.6 Å². The summed E-state index contributed by atoms with van der Waals surface area (Å²) >= 11 is 5.84. The molecule has 31 heavy (non-hydrogen) atoms. The Morgan fingerprint density at radius 3 is 2.48 bits per heavy atom. The number of halogens is 1. The Kier molecular flexibility index (Phi) is 6.15. The summed E-state index contributed by atoms with van der Waals surface area (Å²) in [4.78, 5) is 40.5. The number of hydrogen-bond donors (Lipinski definition) is 2. The molecule has 0 bridgehead atoms. The number of nitrogens with zero attached hydrogens (tertiary/aromatic N) is 4. The van der Waals surface area contributed by atoms with Gasteiger partial charge in [-0.05, 0) is 51.9 Å². The lowest BCUT2D eigenvalue weighted by Crippen LogP contribution is -2.35. The van der Waals surface area contributed by atoms with Crippen LogP contribution in [-0.2, 0) is 4.79 Å². The number of amides is 2. The summed E-state index contributed by atoms with van der Waals surface area (Å²) in [6.45, 7) is 0. The predicted octanol–water partition coefficient (Wildman–Crippen LogP) is 3.58. The Labute approximate surface area is 184 Å². The van der Waals surface area contributed by atoms with E-state index in [1.807, 2.05) is 0 Å². The van der Waals surface area contributed by atoms with Crippen LogP contribution in [0.25, 0.3) is 11.2 Å². The van der Waals surface area contributed by atoms with Gasteiger partial charge in [0.25, 0.3) is 5.91 Å². The fourth-order valence-electron chi connectivity index (χ4n) is 3.81. The van der Waals surface area contributed by atoms with E-state index in [1.54, 1.807) is 12.1 Å². The van der Waals surface area contributed by atoms with Gasteiger partial charge in [0.05, 0.1) is 5.02 Å². The molecule has 2 N–H and O–H groups in total. The van der Waals surface area contributed by atoms with Crippen LogP contribution in [-0.4, -0.2) is 51.8 Å². The molecule has 4 rings (SSSR count). The summed E-state index contributed by atoms with van der Waals surface area (Å²) < 4.78 is 5.63. The third-order valence-electron chi connectivity index (χ3n) is 5.55. The van der Waals surface area contributed by atoms with E-state index < -0.39 is 5.91 Å². The minimum atomic E-state index is -0.568. The smallest absolute Gasteiger partial charge is 0.294 e. The van der Waals surface area contributed by atoms with E-state index in [0.29, 0.717) is 22.4 Å². The molecule has 0 atom stereocenters. The fourth-order valence-corrected chi connectivity index (χ4v) is 3.92. The molecule has 1 aliphatic rings. The number of anilines is 2. The summed E-state index contributed by atoms with van der Waals surface area (Å²) in [5.74, 6) is -0.625. The Morgan fingerprint density at radius 1 is 1.06 bits per heavy atom. The highest BCUT2D eigenvalue weighted by Crippen LogP contribution is 2.32. The summed E-state index contributed by atoms with van der Waals surface area (Å²) in [6.07, 6.45) is 7.84. The molecule has 9 nitrogen and oxygen atoms in total. The summed E-state index contributed by atoms with van der Waals surface area (Å²) in [5, 5.41) is 5.97. The molecule has 10 heteroatoms. The highest BCUT2D eigenvalue weighted by atomic mass is 35.5. The topological polar surface area (TPSA) is 113 Å². The lowest BCUT2D eigenvalue weighted by atomic mass is 9.85. The number of carbonyl (C=O) groups is 2. The van der Waals surface area contributed by atoms with Crippen molar-refractivity contribution in [3.8, 4) is 0 Å². The van der Waals surface area contributed by atoms with Gasteiger partial charge < -0.3 is 20.0 Å². The zero-order valence-corrected chi connectivity index (χ0v) is 18.0. The van der Waals surface area contributed by atoms with Gasteiger partial charge in [-0.25, -0.2) is 15.0 Å². The van der Waals surface area contributed by atoms with Crippen LogP contribution in [0.3, 0.4) is 0 Å². The normalized spacial score (nSPS) is 18.8. The van der Waals surface area contributed by atoms with Gasteiger partial charge in [0, 0.05) is 30.6 Å². The molecule has 0 aromatic carbocycles. The second-order valence-corrected chi connectivity index (χ2v) is 8.23. The van der Waals surface area contributed by atoms with Crippen molar-refractivity contribution < 1.29 is 14.0 Å². The standard InChI is InChI=1S/C21H23ClN6O3/c1-28(2)14-6-3-12(4-7-14)19(29)27-16-17-21(24-10-9-23-17)31-18(16)20(30)26-15-8-5-13(22)11-25-15/h5,8-12,14H,3-4,6-7H2,1-2H3,(H,27,29)(H,25,26,30). The van der Waals surface area contributed by atoms with E-state index in [9.17, 15) is 9.59 Å². The molecule has 1 aliphatic carbocycles. The van der Waals surface area contributed by atoms with Crippen LogP contribution < -0.4 is 10.6 Å². The average Bonchev–Trinajstić information content (AvgIpc) is 3.14. The Bertz CT molecular complexity index is 1090. The highest BCUT2D eigenvalue weighted by Gasteiger charge is 2.30. The molecule has 162 valence electrons. The number of rotatable bonds is 5. The maximum atomic E-state index is 13.0. The van der Waals surface area contributed by atoms with Crippen LogP contribution in [0.2, 0.25) is 5.02 Å². The summed E-state index contributed by atoms with van der Waals surface area (Å²) in [6, 6.07) is 3.66. The SMILES string of the molecule is CN(C)C1CCC(C(=O)Nc2c(C(=O)Nc3ccc(Cl)cn3)oc3nccnc23)CC1. The van der Waals surface area contributed by atoms with Gasteiger partial charge >= 0.3 is 0 Å². The van der Waals surface area contributed by atoms with E-state index in [2.05, 4.69) is 44.6 Å². The first-order valence-electron chi connectivity index (χ1n) is 10.1. The average molecular weight is 443 g/mol. The van der Waals surface area contributed by atoms with Crippen molar-refractivity contribution in [1.29, 1.82) is 0 Å². The maximum Gasteiger partial charge on any atom is 0.294 e. The van der Waals surface area contributed by atoms with Crippen molar-refractivity contribution >= 4 is 46.2 Å². The van der Waals surface area contributed by atoms with Crippen LogP contribution in [0.1, 0.15) is 36.2 Å². The van der Waals surface area contributed by atoms with E-state index in [4.69, 9.17) is 16.0 Å². The van der Waals surface area contributed by atoms with E-state index in [0.717, 1.165) is 25.7 Å². The van der Waals surface area contributed by atoms with Gasteiger partial charge in [0.15, 0.2) is 5.52 Å². The van der Waals surface area contributed by atoms with Gasteiger partial charge in [-0.15, -0.1) is 0 Å². The number of furan rings is 1. The van der Waals surface area contributed by atoms with E-state index in [-0.39, 0.29) is 29.0 Å².